The summed E-state index contributed by atoms with van der Waals surface area (Å²) in [5.74, 6) is 0.214. The summed E-state index contributed by atoms with van der Waals surface area (Å²) < 4.78 is 13.8. The summed E-state index contributed by atoms with van der Waals surface area (Å²) in [6, 6.07) is 4.27. The highest BCUT2D eigenvalue weighted by atomic mass is 35.5. The van der Waals surface area contributed by atoms with E-state index in [0.717, 1.165) is 13.1 Å². The van der Waals surface area contributed by atoms with Gasteiger partial charge in [0.2, 0.25) is 0 Å². The highest BCUT2D eigenvalue weighted by Crippen LogP contribution is 2.33. The normalized spacial score (nSPS) is 29.6. The Labute approximate surface area is 116 Å². The number of rotatable bonds is 1. The summed E-state index contributed by atoms with van der Waals surface area (Å²) in [4.78, 5) is 14.3. The van der Waals surface area contributed by atoms with Crippen molar-refractivity contribution in [1.29, 1.82) is 0 Å². The highest BCUT2D eigenvalue weighted by Gasteiger charge is 2.44. The average Bonchev–Trinajstić information content (AvgIpc) is 2.95. The lowest BCUT2D eigenvalue weighted by Gasteiger charge is -2.24. The fraction of sp³-hybridized carbons (Fsp3) is 0.500. The Morgan fingerprint density at radius 1 is 1.47 bits per heavy atom. The zero-order valence-electron chi connectivity index (χ0n) is 10.7. The van der Waals surface area contributed by atoms with Crippen molar-refractivity contribution in [3.05, 3.63) is 34.6 Å². The lowest BCUT2D eigenvalue weighted by molar-refractivity contribution is 0.0724. The monoisotopic (exact) mass is 282 g/mol. The van der Waals surface area contributed by atoms with E-state index in [-0.39, 0.29) is 17.5 Å². The molecule has 1 aromatic rings. The van der Waals surface area contributed by atoms with Gasteiger partial charge in [-0.15, -0.1) is 0 Å². The van der Waals surface area contributed by atoms with Gasteiger partial charge in [-0.1, -0.05) is 11.6 Å². The summed E-state index contributed by atoms with van der Waals surface area (Å²) in [5.41, 5.74) is 0.0762. The Bertz CT molecular complexity index is 522. The molecule has 0 aromatic heterocycles. The van der Waals surface area contributed by atoms with Crippen molar-refractivity contribution in [3.8, 4) is 0 Å². The molecule has 102 valence electrons. The van der Waals surface area contributed by atoms with Gasteiger partial charge >= 0.3 is 0 Å². The van der Waals surface area contributed by atoms with E-state index in [2.05, 4.69) is 5.32 Å². The fourth-order valence-corrected chi connectivity index (χ4v) is 3.42. The van der Waals surface area contributed by atoms with Gasteiger partial charge in [0, 0.05) is 30.7 Å². The third-order valence-corrected chi connectivity index (χ3v) is 4.59. The quantitative estimate of drug-likeness (QED) is 0.856. The van der Waals surface area contributed by atoms with Crippen LogP contribution >= 0.6 is 11.6 Å². The van der Waals surface area contributed by atoms with Gasteiger partial charge in [0.05, 0.1) is 5.56 Å². The van der Waals surface area contributed by atoms with Crippen molar-refractivity contribution in [2.75, 3.05) is 19.6 Å². The maximum atomic E-state index is 13.8. The molecule has 2 heterocycles. The van der Waals surface area contributed by atoms with E-state index in [1.54, 1.807) is 4.90 Å². The summed E-state index contributed by atoms with van der Waals surface area (Å²) >= 11 is 5.85. The Morgan fingerprint density at radius 2 is 2.26 bits per heavy atom. The van der Waals surface area contributed by atoms with Gasteiger partial charge in [0.15, 0.2) is 0 Å². The van der Waals surface area contributed by atoms with Crippen LogP contribution in [0.25, 0.3) is 0 Å². The van der Waals surface area contributed by atoms with Crippen LogP contribution in [0.4, 0.5) is 4.39 Å². The number of benzene rings is 1. The Hall–Kier alpha value is -1.13. The van der Waals surface area contributed by atoms with Gasteiger partial charge in [-0.25, -0.2) is 4.39 Å². The van der Waals surface area contributed by atoms with Crippen LogP contribution < -0.4 is 5.32 Å². The van der Waals surface area contributed by atoms with Crippen molar-refractivity contribution < 1.29 is 9.18 Å². The largest absolute Gasteiger partial charge is 0.335 e. The first kappa shape index (κ1) is 12.9. The number of nitrogens with one attached hydrogen (secondary N) is 1. The highest BCUT2D eigenvalue weighted by molar-refractivity contribution is 6.31. The number of hydrogen-bond donors (Lipinski definition) is 1. The molecular weight excluding hydrogens is 267 g/mol. The van der Waals surface area contributed by atoms with Gasteiger partial charge < -0.3 is 10.2 Å². The molecular formula is C14H16ClFN2O. The average molecular weight is 283 g/mol. The summed E-state index contributed by atoms with van der Waals surface area (Å²) in [6.07, 6.45) is 0. The molecule has 3 nitrogen and oxygen atoms in total. The summed E-state index contributed by atoms with van der Waals surface area (Å²) in [7, 11) is 0. The smallest absolute Gasteiger partial charge is 0.257 e. The number of fused-ring (bicyclic) bond motifs is 1. The number of carbonyl (C=O) groups excluding carboxylic acids is 1. The zero-order chi connectivity index (χ0) is 13.6. The van der Waals surface area contributed by atoms with Crippen LogP contribution in [0.2, 0.25) is 5.02 Å². The molecule has 5 heteroatoms. The Morgan fingerprint density at radius 3 is 3.00 bits per heavy atom. The molecule has 0 saturated carbocycles. The van der Waals surface area contributed by atoms with E-state index in [4.69, 9.17) is 11.6 Å². The lowest BCUT2D eigenvalue weighted by Crippen LogP contribution is -2.38. The lowest BCUT2D eigenvalue weighted by atomic mass is 9.95. The van der Waals surface area contributed by atoms with E-state index in [1.165, 1.54) is 18.2 Å². The van der Waals surface area contributed by atoms with Gasteiger partial charge in [0.25, 0.3) is 5.91 Å². The molecule has 1 aromatic carbocycles. The molecule has 2 fully saturated rings. The first-order valence-electron chi connectivity index (χ1n) is 6.54. The van der Waals surface area contributed by atoms with Crippen LogP contribution in [0.15, 0.2) is 18.2 Å². The van der Waals surface area contributed by atoms with Crippen LogP contribution in [0.1, 0.15) is 17.3 Å². The molecule has 0 aliphatic carbocycles. The molecule has 1 N–H and O–H groups in total. The third kappa shape index (κ3) is 2.13. The van der Waals surface area contributed by atoms with Crippen molar-refractivity contribution in [2.24, 2.45) is 11.8 Å². The molecule has 0 radical (unpaired) electrons. The topological polar surface area (TPSA) is 32.3 Å². The Balaban J connectivity index is 1.86. The van der Waals surface area contributed by atoms with Gasteiger partial charge in [-0.3, -0.25) is 4.79 Å². The number of likely N-dealkylation sites (tertiary alicyclic amines) is 1. The number of hydrogen-bond acceptors (Lipinski definition) is 2. The molecule has 2 aliphatic heterocycles. The minimum Gasteiger partial charge on any atom is -0.335 e. The molecule has 19 heavy (non-hydrogen) atoms. The maximum absolute atomic E-state index is 13.8. The molecule has 0 spiro atoms. The predicted molar refractivity (Wildman–Crippen MR) is 71.8 cm³/mol. The van der Waals surface area contributed by atoms with Gasteiger partial charge in [0.1, 0.15) is 5.82 Å². The van der Waals surface area contributed by atoms with Crippen LogP contribution in [0, 0.1) is 17.7 Å². The molecule has 2 saturated heterocycles. The first-order valence-corrected chi connectivity index (χ1v) is 6.92. The van der Waals surface area contributed by atoms with Crippen molar-refractivity contribution >= 4 is 17.5 Å². The van der Waals surface area contributed by atoms with Crippen LogP contribution in [-0.2, 0) is 0 Å². The fourth-order valence-electron chi connectivity index (χ4n) is 3.25. The molecule has 3 rings (SSSR count). The predicted octanol–water partition coefficient (Wildman–Crippen LogP) is 2.16. The second kappa shape index (κ2) is 4.76. The molecule has 3 unspecified atom stereocenters. The third-order valence-electron chi connectivity index (χ3n) is 4.35. The second-order valence-corrected chi connectivity index (χ2v) is 5.84. The first-order chi connectivity index (χ1) is 9.08. The van der Waals surface area contributed by atoms with E-state index < -0.39 is 5.82 Å². The SMILES string of the molecule is CC1C2CNCC2CN1C(=O)c1cc(Cl)ccc1F. The number of carbonyl (C=O) groups is 1. The van der Waals surface area contributed by atoms with Gasteiger partial charge in [-0.05, 0) is 37.0 Å². The summed E-state index contributed by atoms with van der Waals surface area (Å²) in [5, 5.41) is 3.73. The molecule has 2 aliphatic rings. The van der Waals surface area contributed by atoms with E-state index in [1.807, 2.05) is 6.92 Å². The van der Waals surface area contributed by atoms with Crippen LogP contribution in [-0.4, -0.2) is 36.5 Å². The molecule has 1 amide bonds. The number of amides is 1. The summed E-state index contributed by atoms with van der Waals surface area (Å²) in [6.45, 7) is 4.62. The molecule has 3 atom stereocenters. The van der Waals surface area contributed by atoms with Crippen LogP contribution in [0.5, 0.6) is 0 Å². The number of halogens is 2. The minimum atomic E-state index is -0.503. The van der Waals surface area contributed by atoms with Crippen molar-refractivity contribution in [1.82, 2.24) is 10.2 Å². The van der Waals surface area contributed by atoms with Gasteiger partial charge in [-0.2, -0.15) is 0 Å². The zero-order valence-corrected chi connectivity index (χ0v) is 11.5. The standard InChI is InChI=1S/C14H16ClFN2O/c1-8-12-6-17-5-9(12)7-18(8)14(19)11-4-10(15)2-3-13(11)16/h2-4,8-9,12,17H,5-7H2,1H3. The van der Waals surface area contributed by atoms with E-state index >= 15 is 0 Å². The minimum absolute atomic E-state index is 0.0762. The number of nitrogens with zero attached hydrogens (tertiary/aromatic N) is 1. The second-order valence-electron chi connectivity index (χ2n) is 5.40. The van der Waals surface area contributed by atoms with Crippen molar-refractivity contribution in [3.63, 3.8) is 0 Å². The van der Waals surface area contributed by atoms with Crippen molar-refractivity contribution in [2.45, 2.75) is 13.0 Å². The maximum Gasteiger partial charge on any atom is 0.257 e. The molecule has 0 bridgehead atoms. The van der Waals surface area contributed by atoms with E-state index in [0.29, 0.717) is 23.4 Å². The Kier molecular flexibility index (Phi) is 3.23. The van der Waals surface area contributed by atoms with E-state index in [9.17, 15) is 9.18 Å². The van der Waals surface area contributed by atoms with Crippen LogP contribution in [0.3, 0.4) is 0 Å².